The van der Waals surface area contributed by atoms with Gasteiger partial charge in [0.25, 0.3) is 0 Å². The van der Waals surface area contributed by atoms with Crippen LogP contribution in [0.5, 0.6) is 0 Å². The highest BCUT2D eigenvalue weighted by molar-refractivity contribution is 6.33. The molecule has 2 unspecified atom stereocenters. The van der Waals surface area contributed by atoms with Crippen LogP contribution in [0, 0.1) is 6.92 Å². The minimum absolute atomic E-state index is 0.00950. The molecule has 2 aliphatic rings. The van der Waals surface area contributed by atoms with E-state index in [0.717, 1.165) is 33.8 Å². The zero-order chi connectivity index (χ0) is 24.1. The van der Waals surface area contributed by atoms with Gasteiger partial charge in [-0.25, -0.2) is 0 Å². The molecule has 3 nitrogen and oxygen atoms in total. The predicted molar refractivity (Wildman–Crippen MR) is 145 cm³/mol. The van der Waals surface area contributed by atoms with Gasteiger partial charge in [-0.05, 0) is 70.6 Å². The van der Waals surface area contributed by atoms with E-state index in [4.69, 9.17) is 23.2 Å². The van der Waals surface area contributed by atoms with Crippen molar-refractivity contribution in [2.75, 3.05) is 24.5 Å². The molecule has 4 aromatic rings. The molecule has 0 spiro atoms. The van der Waals surface area contributed by atoms with Crippen molar-refractivity contribution >= 4 is 45.6 Å². The first-order valence-corrected chi connectivity index (χ1v) is 12.8. The van der Waals surface area contributed by atoms with Gasteiger partial charge in [0.15, 0.2) is 0 Å². The second-order valence-corrected chi connectivity index (χ2v) is 10.5. The lowest BCUT2D eigenvalue weighted by molar-refractivity contribution is -0.133. The van der Waals surface area contributed by atoms with Crippen LogP contribution in [0.1, 0.15) is 34.2 Å². The summed E-state index contributed by atoms with van der Waals surface area (Å²) in [6, 6.07) is 26.8. The van der Waals surface area contributed by atoms with Crippen molar-refractivity contribution in [3.05, 3.63) is 111 Å². The van der Waals surface area contributed by atoms with Crippen molar-refractivity contribution in [3.63, 3.8) is 0 Å². The highest BCUT2D eigenvalue weighted by atomic mass is 35.5. The second kappa shape index (κ2) is 8.89. The number of rotatable bonds is 3. The Labute approximate surface area is 215 Å². The summed E-state index contributed by atoms with van der Waals surface area (Å²) >= 11 is 12.9. The highest BCUT2D eigenvalue weighted by Crippen LogP contribution is 2.41. The molecule has 1 amide bonds. The first-order valence-electron chi connectivity index (χ1n) is 12.1. The highest BCUT2D eigenvalue weighted by Gasteiger charge is 2.37. The van der Waals surface area contributed by atoms with Gasteiger partial charge in [0, 0.05) is 24.7 Å². The van der Waals surface area contributed by atoms with E-state index in [9.17, 15) is 4.79 Å². The molecular formula is C30H26Cl2N2O. The Morgan fingerprint density at radius 2 is 1.69 bits per heavy atom. The summed E-state index contributed by atoms with van der Waals surface area (Å²) in [5.41, 5.74) is 5.69. The summed E-state index contributed by atoms with van der Waals surface area (Å²) in [5, 5.41) is 3.91. The Morgan fingerprint density at radius 1 is 0.914 bits per heavy atom. The van der Waals surface area contributed by atoms with Gasteiger partial charge in [0.05, 0.1) is 22.7 Å². The Bertz CT molecular complexity index is 1430. The molecule has 6 rings (SSSR count). The number of hydrogen-bond acceptors (Lipinski definition) is 2. The van der Waals surface area contributed by atoms with Crippen LogP contribution < -0.4 is 4.90 Å². The van der Waals surface area contributed by atoms with E-state index in [1.54, 1.807) is 0 Å². The molecule has 0 radical (unpaired) electrons. The van der Waals surface area contributed by atoms with E-state index in [1.165, 1.54) is 16.3 Å². The first-order chi connectivity index (χ1) is 17.0. The molecule has 4 aromatic carbocycles. The fourth-order valence-corrected chi connectivity index (χ4v) is 6.24. The SMILES string of the molecule is Cc1ccc(N2CCN(C(=O)C3Cc4cccc5cccc3c45)CC2c2ccc(Cl)cc2)c(Cl)c1. The lowest BCUT2D eigenvalue weighted by Crippen LogP contribution is -2.51. The van der Waals surface area contributed by atoms with E-state index in [1.807, 2.05) is 30.0 Å². The third-order valence-corrected chi connectivity index (χ3v) is 8.03. The third kappa shape index (κ3) is 3.97. The summed E-state index contributed by atoms with van der Waals surface area (Å²) in [6.07, 6.45) is 0.769. The summed E-state index contributed by atoms with van der Waals surface area (Å²) in [6.45, 7) is 4.03. The van der Waals surface area contributed by atoms with Gasteiger partial charge in [0.2, 0.25) is 5.91 Å². The standard InChI is InChI=1S/C30H26Cl2N2O/c1-19-8-13-27(26(32)16-19)34-15-14-33(18-28(34)20-9-11-23(31)12-10-20)30(35)25-17-22-6-2-4-21-5-3-7-24(25)29(21)22/h2-13,16,25,28H,14-15,17-18H2,1H3. The van der Waals surface area contributed by atoms with Crippen LogP contribution in [-0.4, -0.2) is 30.4 Å². The number of carbonyl (C=O) groups excluding carboxylic acids is 1. The Morgan fingerprint density at radius 3 is 2.46 bits per heavy atom. The molecule has 1 aliphatic carbocycles. The third-order valence-electron chi connectivity index (χ3n) is 7.48. The van der Waals surface area contributed by atoms with Crippen LogP contribution in [0.15, 0.2) is 78.9 Å². The summed E-state index contributed by atoms with van der Waals surface area (Å²) in [4.78, 5) is 18.3. The van der Waals surface area contributed by atoms with Gasteiger partial charge in [-0.2, -0.15) is 0 Å². The molecule has 1 heterocycles. The fourth-order valence-electron chi connectivity index (χ4n) is 5.77. The van der Waals surface area contributed by atoms with Crippen LogP contribution >= 0.6 is 23.2 Å². The maximum atomic E-state index is 14.0. The van der Waals surface area contributed by atoms with Crippen molar-refractivity contribution in [1.82, 2.24) is 4.90 Å². The van der Waals surface area contributed by atoms with E-state index in [2.05, 4.69) is 65.6 Å². The molecule has 2 atom stereocenters. The molecule has 1 fully saturated rings. The molecule has 1 saturated heterocycles. The van der Waals surface area contributed by atoms with Gasteiger partial charge in [-0.15, -0.1) is 0 Å². The van der Waals surface area contributed by atoms with Crippen LogP contribution in [-0.2, 0) is 11.2 Å². The molecule has 1 aliphatic heterocycles. The van der Waals surface area contributed by atoms with Crippen LogP contribution in [0.4, 0.5) is 5.69 Å². The first kappa shape index (κ1) is 22.5. The molecule has 176 valence electrons. The normalized spacial score (nSPS) is 19.4. The summed E-state index contributed by atoms with van der Waals surface area (Å²) in [5.74, 6) is 0.0822. The van der Waals surface area contributed by atoms with E-state index < -0.39 is 0 Å². The summed E-state index contributed by atoms with van der Waals surface area (Å²) < 4.78 is 0. The molecule has 0 bridgehead atoms. The number of hydrogen-bond donors (Lipinski definition) is 0. The van der Waals surface area contributed by atoms with E-state index in [-0.39, 0.29) is 17.9 Å². The maximum absolute atomic E-state index is 14.0. The molecule has 35 heavy (non-hydrogen) atoms. The largest absolute Gasteiger partial charge is 0.360 e. The van der Waals surface area contributed by atoms with Crippen LogP contribution in [0.3, 0.4) is 0 Å². The van der Waals surface area contributed by atoms with Crippen molar-refractivity contribution in [2.45, 2.75) is 25.3 Å². The molecular weight excluding hydrogens is 475 g/mol. The number of benzene rings is 4. The number of halogens is 2. The zero-order valence-electron chi connectivity index (χ0n) is 19.5. The second-order valence-electron chi connectivity index (χ2n) is 9.62. The Kier molecular flexibility index (Phi) is 5.70. The van der Waals surface area contributed by atoms with Gasteiger partial charge in [-0.3, -0.25) is 4.79 Å². The maximum Gasteiger partial charge on any atom is 0.230 e. The number of amides is 1. The van der Waals surface area contributed by atoms with Crippen molar-refractivity contribution in [3.8, 4) is 0 Å². The van der Waals surface area contributed by atoms with Crippen LogP contribution in [0.2, 0.25) is 10.0 Å². The lowest BCUT2D eigenvalue weighted by atomic mass is 9.96. The number of anilines is 1. The minimum atomic E-state index is -0.128. The van der Waals surface area contributed by atoms with E-state index in [0.29, 0.717) is 24.7 Å². The molecule has 5 heteroatoms. The smallest absolute Gasteiger partial charge is 0.230 e. The van der Waals surface area contributed by atoms with Crippen molar-refractivity contribution in [1.29, 1.82) is 0 Å². The quantitative estimate of drug-likeness (QED) is 0.297. The molecule has 0 N–H and O–H groups in total. The topological polar surface area (TPSA) is 23.6 Å². The van der Waals surface area contributed by atoms with Gasteiger partial charge < -0.3 is 9.80 Å². The van der Waals surface area contributed by atoms with Crippen molar-refractivity contribution in [2.24, 2.45) is 0 Å². The van der Waals surface area contributed by atoms with Gasteiger partial charge in [-0.1, -0.05) is 77.8 Å². The number of nitrogens with zero attached hydrogens (tertiary/aromatic N) is 2. The Balaban J connectivity index is 1.33. The van der Waals surface area contributed by atoms with Gasteiger partial charge in [0.1, 0.15) is 0 Å². The van der Waals surface area contributed by atoms with Crippen molar-refractivity contribution < 1.29 is 4.79 Å². The number of carbonyl (C=O) groups is 1. The average molecular weight is 501 g/mol. The lowest BCUT2D eigenvalue weighted by Gasteiger charge is -2.44. The number of piperazine rings is 1. The Hall–Kier alpha value is -3.01. The minimum Gasteiger partial charge on any atom is -0.360 e. The average Bonchev–Trinajstić information content (AvgIpc) is 3.25. The van der Waals surface area contributed by atoms with Crippen LogP contribution in [0.25, 0.3) is 10.8 Å². The molecule has 0 saturated carbocycles. The molecule has 0 aromatic heterocycles. The number of aryl methyl sites for hydroxylation is 1. The summed E-state index contributed by atoms with van der Waals surface area (Å²) in [7, 11) is 0. The predicted octanol–water partition coefficient (Wildman–Crippen LogP) is 7.18. The zero-order valence-corrected chi connectivity index (χ0v) is 21.1. The fraction of sp³-hybridized carbons (Fsp3) is 0.233. The van der Waals surface area contributed by atoms with E-state index >= 15 is 0 Å². The monoisotopic (exact) mass is 500 g/mol. The van der Waals surface area contributed by atoms with Gasteiger partial charge >= 0.3 is 0 Å².